The van der Waals surface area contributed by atoms with Crippen LogP contribution in [0.25, 0.3) is 17.2 Å². The van der Waals surface area contributed by atoms with Gasteiger partial charge in [0.15, 0.2) is 5.78 Å². The van der Waals surface area contributed by atoms with Gasteiger partial charge in [-0.2, -0.15) is 0 Å². The summed E-state index contributed by atoms with van der Waals surface area (Å²) in [4.78, 5) is 20.5. The van der Waals surface area contributed by atoms with Crippen molar-refractivity contribution in [1.29, 1.82) is 0 Å². The quantitative estimate of drug-likeness (QED) is 0.355. The van der Waals surface area contributed by atoms with Gasteiger partial charge in [0, 0.05) is 44.0 Å². The van der Waals surface area contributed by atoms with Gasteiger partial charge in [-0.05, 0) is 74.1 Å². The molecule has 0 aliphatic carbocycles. The number of aryl methyl sites for hydroxylation is 1. The molecule has 1 aliphatic rings. The third-order valence-electron chi connectivity index (χ3n) is 6.53. The van der Waals surface area contributed by atoms with E-state index >= 15 is 0 Å². The Kier molecular flexibility index (Phi) is 7.61. The van der Waals surface area contributed by atoms with E-state index in [1.807, 2.05) is 30.3 Å². The van der Waals surface area contributed by atoms with Crippen LogP contribution in [0.4, 0.5) is 5.69 Å². The molecule has 0 saturated carbocycles. The van der Waals surface area contributed by atoms with Gasteiger partial charge in [-0.25, -0.2) is 0 Å². The molecule has 0 N–H and O–H groups in total. The summed E-state index contributed by atoms with van der Waals surface area (Å²) in [6, 6.07) is 22.9. The van der Waals surface area contributed by atoms with Crippen molar-refractivity contribution in [3.8, 4) is 11.1 Å². The number of likely N-dealkylation sites (N-methyl/N-ethyl adjacent to an activating group) is 1. The lowest BCUT2D eigenvalue weighted by molar-refractivity contribution is 0.104. The molecule has 0 spiro atoms. The average Bonchev–Trinajstić information content (AvgIpc) is 2.83. The number of hydrogen-bond donors (Lipinski definition) is 0. The van der Waals surface area contributed by atoms with Crippen molar-refractivity contribution in [1.82, 2.24) is 9.80 Å². The number of nitrogens with zero attached hydrogens (tertiary/aromatic N) is 3. The zero-order valence-corrected chi connectivity index (χ0v) is 20.8. The molecule has 4 rings (SSSR count). The topological polar surface area (TPSA) is 26.8 Å². The molecule has 0 aromatic heterocycles. The molecule has 176 valence electrons. The Labute approximate surface area is 204 Å². The lowest BCUT2D eigenvalue weighted by Crippen LogP contribution is -2.44. The first kappa shape index (κ1) is 23.9. The first-order valence-corrected chi connectivity index (χ1v) is 12.0. The van der Waals surface area contributed by atoms with Gasteiger partial charge in [0.05, 0.1) is 0 Å². The fourth-order valence-corrected chi connectivity index (χ4v) is 4.54. The van der Waals surface area contributed by atoms with Crippen LogP contribution in [0.5, 0.6) is 0 Å². The molecule has 3 aromatic carbocycles. The minimum atomic E-state index is 0.0360. The number of benzene rings is 3. The second-order valence-corrected chi connectivity index (χ2v) is 9.47. The highest BCUT2D eigenvalue weighted by molar-refractivity contribution is 6.11. The predicted molar refractivity (Wildman–Crippen MR) is 144 cm³/mol. The Balaban J connectivity index is 1.71. The second kappa shape index (κ2) is 10.8. The number of carbonyl (C=O) groups is 1. The van der Waals surface area contributed by atoms with Crippen LogP contribution in [0.1, 0.15) is 27.0 Å². The van der Waals surface area contributed by atoms with Crippen LogP contribution < -0.4 is 4.90 Å². The average molecular weight is 454 g/mol. The Hall–Kier alpha value is -3.21. The highest BCUT2D eigenvalue weighted by Crippen LogP contribution is 2.31. The maximum Gasteiger partial charge on any atom is 0.186 e. The van der Waals surface area contributed by atoms with E-state index in [-0.39, 0.29) is 5.78 Å². The summed E-state index contributed by atoms with van der Waals surface area (Å²) in [5.74, 6) is 0.0360. The summed E-state index contributed by atoms with van der Waals surface area (Å²) < 4.78 is 0. The second-order valence-electron chi connectivity index (χ2n) is 9.47. The van der Waals surface area contributed by atoms with Crippen LogP contribution in [0.2, 0.25) is 0 Å². The molecule has 3 aromatic rings. The number of piperazine rings is 1. The summed E-state index contributed by atoms with van der Waals surface area (Å²) in [7, 11) is 6.28. The molecule has 0 bridgehead atoms. The van der Waals surface area contributed by atoms with E-state index in [2.05, 4.69) is 85.2 Å². The summed E-state index contributed by atoms with van der Waals surface area (Å²) >= 11 is 0. The third-order valence-corrected chi connectivity index (χ3v) is 6.53. The normalized spacial score (nSPS) is 14.8. The van der Waals surface area contributed by atoms with Gasteiger partial charge in [0.25, 0.3) is 0 Å². The molecule has 1 fully saturated rings. The molecule has 1 aliphatic heterocycles. The third kappa shape index (κ3) is 5.64. The Morgan fingerprint density at radius 2 is 1.62 bits per heavy atom. The van der Waals surface area contributed by atoms with Crippen LogP contribution in [0.15, 0.2) is 72.8 Å². The highest BCUT2D eigenvalue weighted by atomic mass is 16.1. The Morgan fingerprint density at radius 1 is 0.912 bits per heavy atom. The molecule has 0 radical (unpaired) electrons. The van der Waals surface area contributed by atoms with Gasteiger partial charge in [-0.1, -0.05) is 60.7 Å². The minimum Gasteiger partial charge on any atom is -0.369 e. The number of carbonyl (C=O) groups excluding carboxylic acids is 1. The van der Waals surface area contributed by atoms with Gasteiger partial charge < -0.3 is 14.7 Å². The van der Waals surface area contributed by atoms with E-state index in [1.165, 1.54) is 11.1 Å². The standard InChI is InChI=1S/C30H35N3O/c1-23-9-5-8-12-27(23)28-15-14-26(33-19-17-32(4)18-20-33)21-29(28)30(34)16-13-24-10-6-7-11-25(24)22-31(2)3/h5-16,21H,17-20,22H2,1-4H3/b16-13+. The first-order valence-electron chi connectivity index (χ1n) is 12.0. The zero-order chi connectivity index (χ0) is 24.1. The van der Waals surface area contributed by atoms with Crippen molar-refractivity contribution in [2.75, 3.05) is 52.2 Å². The first-order chi connectivity index (χ1) is 16.4. The van der Waals surface area contributed by atoms with Crippen LogP contribution in [0.3, 0.4) is 0 Å². The van der Waals surface area contributed by atoms with Crippen molar-refractivity contribution in [3.63, 3.8) is 0 Å². The number of ketones is 1. The fourth-order valence-electron chi connectivity index (χ4n) is 4.54. The number of allylic oxidation sites excluding steroid dienone is 1. The molecule has 1 heterocycles. The van der Waals surface area contributed by atoms with Gasteiger partial charge in [-0.15, -0.1) is 0 Å². The van der Waals surface area contributed by atoms with E-state index in [0.29, 0.717) is 0 Å². The molecule has 0 unspecified atom stereocenters. The van der Waals surface area contributed by atoms with Crippen molar-refractivity contribution in [2.45, 2.75) is 13.5 Å². The maximum absolute atomic E-state index is 13.6. The molecular formula is C30H35N3O. The van der Waals surface area contributed by atoms with Crippen molar-refractivity contribution >= 4 is 17.5 Å². The van der Waals surface area contributed by atoms with E-state index in [0.717, 1.165) is 60.7 Å². The van der Waals surface area contributed by atoms with E-state index < -0.39 is 0 Å². The van der Waals surface area contributed by atoms with Crippen LogP contribution in [-0.4, -0.2) is 62.9 Å². The largest absolute Gasteiger partial charge is 0.369 e. The summed E-state index contributed by atoms with van der Waals surface area (Å²) in [5, 5.41) is 0. The molecule has 4 nitrogen and oxygen atoms in total. The monoisotopic (exact) mass is 453 g/mol. The summed E-state index contributed by atoms with van der Waals surface area (Å²) in [6.45, 7) is 6.95. The fraction of sp³-hybridized carbons (Fsp3) is 0.300. The van der Waals surface area contributed by atoms with Crippen molar-refractivity contribution in [2.24, 2.45) is 0 Å². The molecule has 4 heteroatoms. The lowest BCUT2D eigenvalue weighted by Gasteiger charge is -2.34. The molecule has 1 saturated heterocycles. The van der Waals surface area contributed by atoms with Crippen LogP contribution in [-0.2, 0) is 6.54 Å². The van der Waals surface area contributed by atoms with E-state index in [1.54, 1.807) is 6.08 Å². The van der Waals surface area contributed by atoms with E-state index in [4.69, 9.17) is 0 Å². The molecular weight excluding hydrogens is 418 g/mol. The van der Waals surface area contributed by atoms with Gasteiger partial charge in [0.2, 0.25) is 0 Å². The van der Waals surface area contributed by atoms with Crippen molar-refractivity contribution in [3.05, 3.63) is 95.1 Å². The molecule has 0 atom stereocenters. The highest BCUT2D eigenvalue weighted by Gasteiger charge is 2.18. The number of anilines is 1. The maximum atomic E-state index is 13.6. The SMILES string of the molecule is Cc1ccccc1-c1ccc(N2CCN(C)CC2)cc1C(=O)/C=C/c1ccccc1CN(C)C. The zero-order valence-electron chi connectivity index (χ0n) is 20.8. The summed E-state index contributed by atoms with van der Waals surface area (Å²) in [5.41, 5.74) is 7.44. The van der Waals surface area contributed by atoms with E-state index in [9.17, 15) is 4.79 Å². The number of hydrogen-bond acceptors (Lipinski definition) is 4. The minimum absolute atomic E-state index is 0.0360. The molecule has 34 heavy (non-hydrogen) atoms. The number of rotatable bonds is 7. The van der Waals surface area contributed by atoms with Crippen molar-refractivity contribution < 1.29 is 4.79 Å². The lowest BCUT2D eigenvalue weighted by atomic mass is 9.92. The van der Waals surface area contributed by atoms with Crippen LogP contribution >= 0.6 is 0 Å². The smallest absolute Gasteiger partial charge is 0.186 e. The predicted octanol–water partition coefficient (Wildman–Crippen LogP) is 5.37. The van der Waals surface area contributed by atoms with Gasteiger partial charge in [0.1, 0.15) is 0 Å². The molecule has 0 amide bonds. The van der Waals surface area contributed by atoms with Gasteiger partial charge in [-0.3, -0.25) is 4.79 Å². The van der Waals surface area contributed by atoms with Gasteiger partial charge >= 0.3 is 0 Å². The van der Waals surface area contributed by atoms with Crippen LogP contribution in [0, 0.1) is 6.92 Å². The summed E-state index contributed by atoms with van der Waals surface area (Å²) in [6.07, 6.45) is 3.70. The Bertz CT molecular complexity index is 1170. The Morgan fingerprint density at radius 3 is 2.35 bits per heavy atom.